The molecule has 0 unspecified atom stereocenters. The molecule has 2 saturated heterocycles. The van der Waals surface area contributed by atoms with E-state index < -0.39 is 0 Å². The average molecular weight is 186 g/mol. The molecule has 2 rings (SSSR count). The SMILES string of the molecule is NC1CCN([C@@H]2CCSC2)CC1. The minimum atomic E-state index is 0.482. The molecule has 1 atom stereocenters. The summed E-state index contributed by atoms with van der Waals surface area (Å²) in [6.45, 7) is 2.48. The van der Waals surface area contributed by atoms with Gasteiger partial charge in [-0.2, -0.15) is 11.8 Å². The third kappa shape index (κ3) is 1.95. The molecule has 2 N–H and O–H groups in total. The van der Waals surface area contributed by atoms with E-state index in [1.807, 2.05) is 0 Å². The molecule has 0 radical (unpaired) electrons. The number of likely N-dealkylation sites (tertiary alicyclic amines) is 1. The van der Waals surface area contributed by atoms with E-state index in [4.69, 9.17) is 5.73 Å². The maximum atomic E-state index is 5.86. The van der Waals surface area contributed by atoms with Crippen LogP contribution in [0.2, 0.25) is 0 Å². The summed E-state index contributed by atoms with van der Waals surface area (Å²) < 4.78 is 0. The normalized spacial score (nSPS) is 34.2. The summed E-state index contributed by atoms with van der Waals surface area (Å²) in [6, 6.07) is 1.36. The molecule has 2 aliphatic rings. The molecule has 0 aliphatic carbocycles. The molecule has 0 bridgehead atoms. The lowest BCUT2D eigenvalue weighted by atomic mass is 10.0. The predicted octanol–water partition coefficient (Wildman–Crippen LogP) is 0.915. The second-order valence-corrected chi connectivity index (χ2v) is 5.04. The highest BCUT2D eigenvalue weighted by molar-refractivity contribution is 7.99. The van der Waals surface area contributed by atoms with Gasteiger partial charge in [0.15, 0.2) is 0 Å². The first-order valence-corrected chi connectivity index (χ1v) is 6.09. The summed E-state index contributed by atoms with van der Waals surface area (Å²) in [5.41, 5.74) is 5.86. The van der Waals surface area contributed by atoms with E-state index in [2.05, 4.69) is 16.7 Å². The van der Waals surface area contributed by atoms with E-state index in [-0.39, 0.29) is 0 Å². The fraction of sp³-hybridized carbons (Fsp3) is 1.00. The van der Waals surface area contributed by atoms with E-state index in [1.165, 1.54) is 43.9 Å². The van der Waals surface area contributed by atoms with Crippen molar-refractivity contribution < 1.29 is 0 Å². The second kappa shape index (κ2) is 3.99. The van der Waals surface area contributed by atoms with Crippen molar-refractivity contribution in [3.8, 4) is 0 Å². The fourth-order valence-corrected chi connectivity index (χ4v) is 3.35. The first-order chi connectivity index (χ1) is 5.86. The molecular formula is C9H18N2S. The highest BCUT2D eigenvalue weighted by atomic mass is 32.2. The minimum absolute atomic E-state index is 0.482. The number of piperidine rings is 1. The van der Waals surface area contributed by atoms with Gasteiger partial charge in [-0.15, -0.1) is 0 Å². The summed E-state index contributed by atoms with van der Waals surface area (Å²) in [5, 5.41) is 0. The fourth-order valence-electron chi connectivity index (χ4n) is 2.09. The molecule has 2 aliphatic heterocycles. The smallest absolute Gasteiger partial charge is 0.0194 e. The van der Waals surface area contributed by atoms with Gasteiger partial charge in [0.1, 0.15) is 0 Å². The summed E-state index contributed by atoms with van der Waals surface area (Å²) in [7, 11) is 0. The lowest BCUT2D eigenvalue weighted by Crippen LogP contribution is -2.45. The van der Waals surface area contributed by atoms with E-state index in [9.17, 15) is 0 Å². The van der Waals surface area contributed by atoms with Crippen molar-refractivity contribution in [2.75, 3.05) is 24.6 Å². The standard InChI is InChI=1S/C9H18N2S/c10-8-1-4-11(5-2-8)9-3-6-12-7-9/h8-9H,1-7,10H2/t9-/m1/s1. The van der Waals surface area contributed by atoms with Crippen molar-refractivity contribution in [3.05, 3.63) is 0 Å². The molecule has 70 valence electrons. The zero-order valence-corrected chi connectivity index (χ0v) is 8.35. The zero-order valence-electron chi connectivity index (χ0n) is 7.54. The van der Waals surface area contributed by atoms with Crippen LogP contribution >= 0.6 is 11.8 Å². The van der Waals surface area contributed by atoms with Crippen LogP contribution in [0, 0.1) is 0 Å². The topological polar surface area (TPSA) is 29.3 Å². The first kappa shape index (κ1) is 8.85. The molecule has 0 spiro atoms. The number of nitrogens with two attached hydrogens (primary N) is 1. The Morgan fingerprint density at radius 1 is 1.17 bits per heavy atom. The molecule has 2 nitrogen and oxygen atoms in total. The van der Waals surface area contributed by atoms with Gasteiger partial charge in [0.25, 0.3) is 0 Å². The van der Waals surface area contributed by atoms with Crippen LogP contribution in [0.4, 0.5) is 0 Å². The third-order valence-electron chi connectivity index (χ3n) is 3.00. The monoisotopic (exact) mass is 186 g/mol. The third-order valence-corrected chi connectivity index (χ3v) is 4.14. The van der Waals surface area contributed by atoms with Crippen LogP contribution in [0.5, 0.6) is 0 Å². The van der Waals surface area contributed by atoms with E-state index >= 15 is 0 Å². The summed E-state index contributed by atoms with van der Waals surface area (Å²) in [4.78, 5) is 2.64. The Balaban J connectivity index is 1.80. The summed E-state index contributed by atoms with van der Waals surface area (Å²) in [6.07, 6.45) is 3.82. The number of rotatable bonds is 1. The highest BCUT2D eigenvalue weighted by Gasteiger charge is 2.25. The Kier molecular flexibility index (Phi) is 2.94. The van der Waals surface area contributed by atoms with Gasteiger partial charge >= 0.3 is 0 Å². The van der Waals surface area contributed by atoms with Crippen LogP contribution in [-0.4, -0.2) is 41.6 Å². The molecule has 3 heteroatoms. The molecule has 12 heavy (non-hydrogen) atoms. The predicted molar refractivity (Wildman–Crippen MR) is 54.5 cm³/mol. The van der Waals surface area contributed by atoms with E-state index in [0.29, 0.717) is 6.04 Å². The van der Waals surface area contributed by atoms with Gasteiger partial charge in [-0.3, -0.25) is 4.90 Å². The highest BCUT2D eigenvalue weighted by Crippen LogP contribution is 2.24. The van der Waals surface area contributed by atoms with Gasteiger partial charge in [0.2, 0.25) is 0 Å². The van der Waals surface area contributed by atoms with Gasteiger partial charge < -0.3 is 5.73 Å². The Morgan fingerprint density at radius 3 is 2.50 bits per heavy atom. The maximum Gasteiger partial charge on any atom is 0.0194 e. The second-order valence-electron chi connectivity index (χ2n) is 3.89. The number of nitrogens with zero attached hydrogens (tertiary/aromatic N) is 1. The first-order valence-electron chi connectivity index (χ1n) is 4.93. The molecule has 0 aromatic rings. The maximum absolute atomic E-state index is 5.86. The Labute approximate surface area is 78.9 Å². The summed E-state index contributed by atoms with van der Waals surface area (Å²) in [5.74, 6) is 2.72. The zero-order chi connectivity index (χ0) is 8.39. The Hall–Kier alpha value is 0.270. The van der Waals surface area contributed by atoms with Gasteiger partial charge in [0.05, 0.1) is 0 Å². The number of hydrogen-bond acceptors (Lipinski definition) is 3. The molecule has 0 amide bonds. The quantitative estimate of drug-likeness (QED) is 0.660. The Bertz CT molecular complexity index is 137. The van der Waals surface area contributed by atoms with Crippen molar-refractivity contribution in [3.63, 3.8) is 0 Å². The van der Waals surface area contributed by atoms with Crippen LogP contribution in [0.15, 0.2) is 0 Å². The average Bonchev–Trinajstić information content (AvgIpc) is 2.58. The van der Waals surface area contributed by atoms with E-state index in [0.717, 1.165) is 6.04 Å². The van der Waals surface area contributed by atoms with Crippen LogP contribution in [0.25, 0.3) is 0 Å². The van der Waals surface area contributed by atoms with Crippen molar-refractivity contribution in [1.82, 2.24) is 4.90 Å². The van der Waals surface area contributed by atoms with Crippen LogP contribution in [-0.2, 0) is 0 Å². The van der Waals surface area contributed by atoms with Gasteiger partial charge in [-0.25, -0.2) is 0 Å². The van der Waals surface area contributed by atoms with Crippen molar-refractivity contribution in [1.29, 1.82) is 0 Å². The molecule has 0 saturated carbocycles. The molecule has 2 heterocycles. The van der Waals surface area contributed by atoms with Gasteiger partial charge in [0, 0.05) is 17.8 Å². The van der Waals surface area contributed by atoms with Crippen molar-refractivity contribution in [2.24, 2.45) is 5.73 Å². The van der Waals surface area contributed by atoms with Crippen LogP contribution in [0.1, 0.15) is 19.3 Å². The van der Waals surface area contributed by atoms with Crippen molar-refractivity contribution in [2.45, 2.75) is 31.3 Å². The molecule has 0 aromatic heterocycles. The van der Waals surface area contributed by atoms with Crippen molar-refractivity contribution >= 4 is 11.8 Å². The van der Waals surface area contributed by atoms with Crippen LogP contribution in [0.3, 0.4) is 0 Å². The molecule has 2 fully saturated rings. The van der Waals surface area contributed by atoms with E-state index in [1.54, 1.807) is 0 Å². The van der Waals surface area contributed by atoms with Gasteiger partial charge in [-0.1, -0.05) is 0 Å². The molecule has 0 aromatic carbocycles. The minimum Gasteiger partial charge on any atom is -0.328 e. The number of thioether (sulfide) groups is 1. The van der Waals surface area contributed by atoms with Gasteiger partial charge in [-0.05, 0) is 38.1 Å². The largest absolute Gasteiger partial charge is 0.328 e. The van der Waals surface area contributed by atoms with Crippen LogP contribution < -0.4 is 5.73 Å². The lowest BCUT2D eigenvalue weighted by Gasteiger charge is -2.34. The Morgan fingerprint density at radius 2 is 1.92 bits per heavy atom. The summed E-state index contributed by atoms with van der Waals surface area (Å²) >= 11 is 2.10. The number of hydrogen-bond donors (Lipinski definition) is 1. The molecular weight excluding hydrogens is 168 g/mol. The lowest BCUT2D eigenvalue weighted by molar-refractivity contribution is 0.166.